The Labute approximate surface area is 170 Å². The highest BCUT2D eigenvalue weighted by Gasteiger charge is 2.38. The SMILES string of the molecule is CC1(C)CC(Oc2ccc(-c3ccc(-n4ccnc4)cc3O)nn2)CC(C)(C)N1. The van der Waals surface area contributed by atoms with Crippen molar-refractivity contribution in [2.24, 2.45) is 0 Å². The van der Waals surface area contributed by atoms with Crippen LogP contribution in [0.3, 0.4) is 0 Å². The molecule has 152 valence electrons. The smallest absolute Gasteiger partial charge is 0.233 e. The van der Waals surface area contributed by atoms with Gasteiger partial charge in [0, 0.05) is 54.0 Å². The number of hydrogen-bond acceptors (Lipinski definition) is 6. The molecular formula is C22H27N5O2. The Morgan fingerprint density at radius 2 is 1.83 bits per heavy atom. The molecular weight excluding hydrogens is 366 g/mol. The second-order valence-corrected chi connectivity index (χ2v) is 8.97. The summed E-state index contributed by atoms with van der Waals surface area (Å²) in [5, 5.41) is 22.6. The van der Waals surface area contributed by atoms with Crippen molar-refractivity contribution in [3.05, 3.63) is 49.1 Å². The second kappa shape index (κ2) is 7.15. The molecule has 1 aromatic carbocycles. The van der Waals surface area contributed by atoms with Gasteiger partial charge in [0.1, 0.15) is 11.9 Å². The van der Waals surface area contributed by atoms with Crippen molar-refractivity contribution < 1.29 is 9.84 Å². The molecule has 1 aliphatic heterocycles. The van der Waals surface area contributed by atoms with E-state index >= 15 is 0 Å². The number of benzene rings is 1. The number of piperidine rings is 1. The maximum absolute atomic E-state index is 10.4. The fraction of sp³-hybridized carbons (Fsp3) is 0.409. The number of hydrogen-bond donors (Lipinski definition) is 2. The maximum atomic E-state index is 10.4. The van der Waals surface area contributed by atoms with E-state index in [-0.39, 0.29) is 22.9 Å². The summed E-state index contributed by atoms with van der Waals surface area (Å²) >= 11 is 0. The van der Waals surface area contributed by atoms with E-state index in [0.29, 0.717) is 17.1 Å². The molecule has 4 rings (SSSR count). The number of aromatic hydroxyl groups is 1. The van der Waals surface area contributed by atoms with Crippen LogP contribution in [0.25, 0.3) is 16.9 Å². The summed E-state index contributed by atoms with van der Waals surface area (Å²) < 4.78 is 7.96. The Kier molecular flexibility index (Phi) is 4.78. The van der Waals surface area contributed by atoms with Gasteiger partial charge in [-0.05, 0) is 45.9 Å². The Morgan fingerprint density at radius 1 is 1.07 bits per heavy atom. The van der Waals surface area contributed by atoms with Crippen LogP contribution in [0, 0.1) is 0 Å². The van der Waals surface area contributed by atoms with Crippen molar-refractivity contribution in [3.63, 3.8) is 0 Å². The third kappa shape index (κ3) is 4.40. The Bertz CT molecular complexity index is 965. The highest BCUT2D eigenvalue weighted by molar-refractivity contribution is 5.68. The van der Waals surface area contributed by atoms with Gasteiger partial charge in [-0.1, -0.05) is 0 Å². The lowest BCUT2D eigenvalue weighted by Gasteiger charge is -2.46. The normalized spacial score (nSPS) is 18.5. The van der Waals surface area contributed by atoms with Crippen molar-refractivity contribution >= 4 is 0 Å². The van der Waals surface area contributed by atoms with Crippen LogP contribution >= 0.6 is 0 Å². The zero-order valence-electron chi connectivity index (χ0n) is 17.3. The number of phenolic OH excluding ortho intramolecular Hbond substituents is 1. The quantitative estimate of drug-likeness (QED) is 0.703. The Balaban J connectivity index is 1.50. The highest BCUT2D eigenvalue weighted by atomic mass is 16.5. The lowest BCUT2D eigenvalue weighted by atomic mass is 9.81. The summed E-state index contributed by atoms with van der Waals surface area (Å²) in [6, 6.07) is 9.05. The van der Waals surface area contributed by atoms with Gasteiger partial charge in [0.25, 0.3) is 0 Å². The van der Waals surface area contributed by atoms with Gasteiger partial charge in [0.15, 0.2) is 0 Å². The zero-order chi connectivity index (χ0) is 20.6. The number of phenols is 1. The zero-order valence-corrected chi connectivity index (χ0v) is 17.3. The lowest BCUT2D eigenvalue weighted by molar-refractivity contribution is 0.0524. The number of aromatic nitrogens is 4. The number of ether oxygens (including phenoxy) is 1. The summed E-state index contributed by atoms with van der Waals surface area (Å²) in [7, 11) is 0. The Morgan fingerprint density at radius 3 is 2.41 bits per heavy atom. The van der Waals surface area contributed by atoms with Crippen LogP contribution in [0.5, 0.6) is 11.6 Å². The van der Waals surface area contributed by atoms with Crippen LogP contribution in [0.1, 0.15) is 40.5 Å². The summed E-state index contributed by atoms with van der Waals surface area (Å²) in [5.74, 6) is 0.641. The molecule has 0 amide bonds. The van der Waals surface area contributed by atoms with Gasteiger partial charge in [0.05, 0.1) is 17.7 Å². The van der Waals surface area contributed by atoms with Gasteiger partial charge in [-0.15, -0.1) is 10.2 Å². The van der Waals surface area contributed by atoms with E-state index in [1.54, 1.807) is 18.6 Å². The van der Waals surface area contributed by atoms with Crippen molar-refractivity contribution in [1.29, 1.82) is 0 Å². The molecule has 1 aliphatic rings. The molecule has 7 nitrogen and oxygen atoms in total. The summed E-state index contributed by atoms with van der Waals surface area (Å²) in [4.78, 5) is 4.03. The molecule has 1 fully saturated rings. The van der Waals surface area contributed by atoms with Crippen LogP contribution in [0.2, 0.25) is 0 Å². The molecule has 29 heavy (non-hydrogen) atoms. The lowest BCUT2D eigenvalue weighted by Crippen LogP contribution is -2.60. The Hall–Kier alpha value is -2.93. The molecule has 0 aliphatic carbocycles. The first-order chi connectivity index (χ1) is 13.7. The number of nitrogens with one attached hydrogen (secondary N) is 1. The van der Waals surface area contributed by atoms with Crippen LogP contribution < -0.4 is 10.1 Å². The third-order valence-electron chi connectivity index (χ3n) is 5.14. The molecule has 3 aromatic rings. The van der Waals surface area contributed by atoms with E-state index in [1.165, 1.54) is 0 Å². The minimum absolute atomic E-state index is 0.00254. The average Bonchev–Trinajstić information content (AvgIpc) is 3.14. The van der Waals surface area contributed by atoms with E-state index in [4.69, 9.17) is 4.74 Å². The second-order valence-electron chi connectivity index (χ2n) is 8.97. The molecule has 3 heterocycles. The predicted octanol–water partition coefficient (Wildman–Crippen LogP) is 3.72. The maximum Gasteiger partial charge on any atom is 0.233 e. The van der Waals surface area contributed by atoms with Gasteiger partial charge in [-0.3, -0.25) is 0 Å². The van der Waals surface area contributed by atoms with Crippen LogP contribution in [-0.4, -0.2) is 42.0 Å². The molecule has 0 atom stereocenters. The standard InChI is InChI=1S/C22H27N5O2/c1-21(2)12-16(13-22(3,4)26-21)29-20-8-7-18(24-25-20)17-6-5-15(11-19(17)28)27-10-9-23-14-27/h5-11,14,16,26,28H,12-13H2,1-4H3. The van der Waals surface area contributed by atoms with Crippen molar-refractivity contribution in [2.45, 2.75) is 57.7 Å². The van der Waals surface area contributed by atoms with Gasteiger partial charge in [0.2, 0.25) is 5.88 Å². The van der Waals surface area contributed by atoms with Crippen LogP contribution in [0.4, 0.5) is 0 Å². The van der Waals surface area contributed by atoms with Gasteiger partial charge in [-0.25, -0.2) is 4.98 Å². The molecule has 0 saturated carbocycles. The molecule has 0 unspecified atom stereocenters. The van der Waals surface area contributed by atoms with Gasteiger partial charge >= 0.3 is 0 Å². The molecule has 1 saturated heterocycles. The van der Waals surface area contributed by atoms with Gasteiger partial charge in [-0.2, -0.15) is 0 Å². The fourth-order valence-electron chi connectivity index (χ4n) is 4.32. The predicted molar refractivity (Wildman–Crippen MR) is 111 cm³/mol. The molecule has 0 bridgehead atoms. The van der Waals surface area contributed by atoms with Crippen LogP contribution in [-0.2, 0) is 0 Å². The van der Waals surface area contributed by atoms with Crippen molar-refractivity contribution in [1.82, 2.24) is 25.1 Å². The summed E-state index contributed by atoms with van der Waals surface area (Å²) in [6.45, 7) is 8.76. The minimum Gasteiger partial charge on any atom is -0.507 e. The van der Waals surface area contributed by atoms with Crippen LogP contribution in [0.15, 0.2) is 49.1 Å². The van der Waals surface area contributed by atoms with E-state index in [0.717, 1.165) is 18.5 Å². The fourth-order valence-corrected chi connectivity index (χ4v) is 4.32. The summed E-state index contributed by atoms with van der Waals surface area (Å²) in [6.07, 6.45) is 7.07. The first-order valence-corrected chi connectivity index (χ1v) is 9.82. The number of nitrogens with zero attached hydrogens (tertiary/aromatic N) is 4. The van der Waals surface area contributed by atoms with Crippen molar-refractivity contribution in [2.75, 3.05) is 0 Å². The minimum atomic E-state index is 0.00254. The first-order valence-electron chi connectivity index (χ1n) is 9.82. The third-order valence-corrected chi connectivity index (χ3v) is 5.14. The highest BCUT2D eigenvalue weighted by Crippen LogP contribution is 2.32. The number of imidazole rings is 1. The molecule has 2 N–H and O–H groups in total. The van der Waals surface area contributed by atoms with E-state index in [2.05, 4.69) is 48.2 Å². The molecule has 0 radical (unpaired) electrons. The average molecular weight is 393 g/mol. The van der Waals surface area contributed by atoms with Crippen molar-refractivity contribution in [3.8, 4) is 28.6 Å². The largest absolute Gasteiger partial charge is 0.507 e. The first kappa shape index (κ1) is 19.4. The van der Waals surface area contributed by atoms with E-state index in [1.807, 2.05) is 35.0 Å². The van der Waals surface area contributed by atoms with E-state index < -0.39 is 0 Å². The molecule has 2 aromatic heterocycles. The monoisotopic (exact) mass is 393 g/mol. The van der Waals surface area contributed by atoms with Gasteiger partial charge < -0.3 is 19.7 Å². The van der Waals surface area contributed by atoms with E-state index in [9.17, 15) is 5.11 Å². The topological polar surface area (TPSA) is 85.1 Å². The summed E-state index contributed by atoms with van der Waals surface area (Å²) in [5.41, 5.74) is 2.05. The molecule has 0 spiro atoms. The number of rotatable bonds is 4. The molecule has 7 heteroatoms.